The summed E-state index contributed by atoms with van der Waals surface area (Å²) in [6.07, 6.45) is 37.3. The lowest BCUT2D eigenvalue weighted by molar-refractivity contribution is -0.379. The number of aliphatic hydroxyl groups is 11. The molecular formula is C71H129NO18. The van der Waals surface area contributed by atoms with Crippen LogP contribution in [0.2, 0.25) is 0 Å². The first-order valence-electron chi connectivity index (χ1n) is 35.9. The fraction of sp³-hybridized carbons (Fsp3) is 0.873. The number of ether oxygens (including phenoxy) is 6. The molecule has 0 spiro atoms. The first-order valence-corrected chi connectivity index (χ1v) is 35.9. The minimum absolute atomic E-state index is 0.245. The van der Waals surface area contributed by atoms with Gasteiger partial charge in [-0.05, 0) is 57.8 Å². The Hall–Kier alpha value is -2.25. The Morgan fingerprint density at radius 2 is 0.733 bits per heavy atom. The molecule has 526 valence electrons. The van der Waals surface area contributed by atoms with Gasteiger partial charge < -0.3 is 89.9 Å². The summed E-state index contributed by atoms with van der Waals surface area (Å²) in [4.78, 5) is 13.3. The van der Waals surface area contributed by atoms with E-state index in [2.05, 4.69) is 55.6 Å². The van der Waals surface area contributed by atoms with Crippen molar-refractivity contribution in [3.8, 4) is 0 Å². The highest BCUT2D eigenvalue weighted by molar-refractivity contribution is 5.76. The van der Waals surface area contributed by atoms with Crippen LogP contribution in [-0.2, 0) is 33.2 Å². The van der Waals surface area contributed by atoms with E-state index in [9.17, 15) is 61.0 Å². The summed E-state index contributed by atoms with van der Waals surface area (Å²) < 4.78 is 34.2. The summed E-state index contributed by atoms with van der Waals surface area (Å²) in [7, 11) is 0. The van der Waals surface area contributed by atoms with Gasteiger partial charge >= 0.3 is 0 Å². The van der Waals surface area contributed by atoms with Gasteiger partial charge in [0.25, 0.3) is 0 Å². The molecule has 12 N–H and O–H groups in total. The highest BCUT2D eigenvalue weighted by Gasteiger charge is 2.53. The molecule has 0 aromatic carbocycles. The predicted octanol–water partition coefficient (Wildman–Crippen LogP) is 9.78. The smallest absolute Gasteiger partial charge is 0.220 e. The van der Waals surface area contributed by atoms with Crippen LogP contribution >= 0.6 is 0 Å². The van der Waals surface area contributed by atoms with Crippen molar-refractivity contribution in [3.05, 3.63) is 48.6 Å². The van der Waals surface area contributed by atoms with Crippen molar-refractivity contribution < 1.29 is 89.4 Å². The second-order valence-corrected chi connectivity index (χ2v) is 25.7. The standard InChI is InChI=1S/C71H129NO18/c1-3-5-7-9-11-13-14-15-16-17-18-19-20-21-22-23-24-25-26-27-28-29-30-31-32-33-34-35-36-37-38-39-40-41-43-45-47-49-59(77)72-54(55(76)48-46-44-42-12-10-8-6-4-2)53-85-69-65(83)62(80)67(57(51-74)87-69)90-71-66(84)63(81)68(58(52-75)88-71)89-70-64(82)61(79)60(78)56(50-73)86-70/h14-15,17-18,20-21,46,48,54-58,60-71,73-76,78-84H,3-13,16,19,22-45,47,49-53H2,1-2H3,(H,72,77)/b15-14-,18-17-,21-20-,48-46+. The van der Waals surface area contributed by atoms with E-state index in [0.29, 0.717) is 6.42 Å². The third kappa shape index (κ3) is 34.4. The number of carbonyl (C=O) groups is 1. The maximum atomic E-state index is 13.3. The van der Waals surface area contributed by atoms with Crippen LogP contribution in [0.4, 0.5) is 0 Å². The second-order valence-electron chi connectivity index (χ2n) is 25.7. The van der Waals surface area contributed by atoms with Crippen molar-refractivity contribution in [2.45, 2.75) is 369 Å². The molecule has 0 aromatic heterocycles. The predicted molar refractivity (Wildman–Crippen MR) is 351 cm³/mol. The fourth-order valence-electron chi connectivity index (χ4n) is 12.0. The summed E-state index contributed by atoms with van der Waals surface area (Å²) in [6.45, 7) is 1.67. The molecule has 19 nitrogen and oxygen atoms in total. The fourth-order valence-corrected chi connectivity index (χ4v) is 12.0. The van der Waals surface area contributed by atoms with E-state index >= 15 is 0 Å². The quantitative estimate of drug-likeness (QED) is 0.0199. The van der Waals surface area contributed by atoms with E-state index in [1.807, 2.05) is 6.08 Å². The first kappa shape index (κ1) is 82.0. The highest BCUT2D eigenvalue weighted by Crippen LogP contribution is 2.33. The Kier molecular flexibility index (Phi) is 48.2. The van der Waals surface area contributed by atoms with Gasteiger partial charge in [0.1, 0.15) is 73.2 Å². The number of hydrogen-bond acceptors (Lipinski definition) is 18. The molecular weight excluding hydrogens is 1150 g/mol. The molecule has 0 bridgehead atoms. The van der Waals surface area contributed by atoms with Gasteiger partial charge in [-0.1, -0.05) is 249 Å². The van der Waals surface area contributed by atoms with Crippen molar-refractivity contribution in [1.29, 1.82) is 0 Å². The van der Waals surface area contributed by atoms with Crippen LogP contribution in [0.25, 0.3) is 0 Å². The maximum absolute atomic E-state index is 13.3. The summed E-state index contributed by atoms with van der Waals surface area (Å²) in [5.41, 5.74) is 0. The lowest BCUT2D eigenvalue weighted by Crippen LogP contribution is -2.66. The molecule has 19 heteroatoms. The Morgan fingerprint density at radius 3 is 1.14 bits per heavy atom. The number of allylic oxidation sites excluding steroid dienone is 7. The van der Waals surface area contributed by atoms with E-state index in [1.165, 1.54) is 173 Å². The molecule has 90 heavy (non-hydrogen) atoms. The molecule has 0 aromatic rings. The Balaban J connectivity index is 1.27. The lowest BCUT2D eigenvalue weighted by atomic mass is 9.96. The zero-order valence-corrected chi connectivity index (χ0v) is 55.6. The number of aliphatic hydroxyl groups excluding tert-OH is 11. The van der Waals surface area contributed by atoms with Crippen molar-refractivity contribution in [1.82, 2.24) is 5.32 Å². The Labute approximate surface area is 542 Å². The second kappa shape index (κ2) is 53.0. The topological polar surface area (TPSA) is 307 Å². The summed E-state index contributed by atoms with van der Waals surface area (Å²) in [5.74, 6) is -0.276. The SMILES string of the molecule is CCCCCCC/C=C\C/C=C\C/C=C\CCCCCCCCCCCCCCCCCCCCCCCCC(=O)NC(COC1OC(CO)C(OC2OC(CO)C(OC3OC(CO)C(O)C(O)C3O)C(O)C2O)C(O)C1O)C(O)/C=C/CCCCCCCC. The highest BCUT2D eigenvalue weighted by atomic mass is 16.8. The van der Waals surface area contributed by atoms with E-state index in [0.717, 1.165) is 64.2 Å². The number of unbranched alkanes of at least 4 members (excludes halogenated alkanes) is 33. The van der Waals surface area contributed by atoms with Gasteiger partial charge in [0.15, 0.2) is 18.9 Å². The first-order chi connectivity index (χ1) is 43.8. The van der Waals surface area contributed by atoms with E-state index in [-0.39, 0.29) is 18.9 Å². The van der Waals surface area contributed by atoms with E-state index < -0.39 is 124 Å². The van der Waals surface area contributed by atoms with Crippen LogP contribution in [0.3, 0.4) is 0 Å². The maximum Gasteiger partial charge on any atom is 0.220 e. The third-order valence-electron chi connectivity index (χ3n) is 17.9. The zero-order chi connectivity index (χ0) is 65.4. The normalized spacial score (nSPS) is 28.3. The molecule has 3 saturated heterocycles. The van der Waals surface area contributed by atoms with Gasteiger partial charge in [-0.3, -0.25) is 4.79 Å². The molecule has 0 aliphatic carbocycles. The summed E-state index contributed by atoms with van der Waals surface area (Å²) in [6, 6.07) is -0.969. The molecule has 1 amide bonds. The average Bonchev–Trinajstić information content (AvgIpc) is 0.847. The van der Waals surface area contributed by atoms with Crippen molar-refractivity contribution in [2.75, 3.05) is 26.4 Å². The number of nitrogens with one attached hydrogen (secondary N) is 1. The average molecular weight is 1280 g/mol. The lowest BCUT2D eigenvalue weighted by Gasteiger charge is -2.48. The molecule has 3 aliphatic rings. The largest absolute Gasteiger partial charge is 0.394 e. The zero-order valence-electron chi connectivity index (χ0n) is 55.6. The van der Waals surface area contributed by atoms with Gasteiger partial charge in [-0.25, -0.2) is 0 Å². The van der Waals surface area contributed by atoms with Crippen LogP contribution in [0.1, 0.15) is 264 Å². The molecule has 0 saturated carbocycles. The van der Waals surface area contributed by atoms with Crippen molar-refractivity contribution >= 4 is 5.91 Å². The molecule has 0 radical (unpaired) electrons. The van der Waals surface area contributed by atoms with Crippen molar-refractivity contribution in [2.24, 2.45) is 0 Å². The molecule has 3 aliphatic heterocycles. The summed E-state index contributed by atoms with van der Waals surface area (Å²) >= 11 is 0. The Morgan fingerprint density at radius 1 is 0.400 bits per heavy atom. The number of amides is 1. The van der Waals surface area contributed by atoms with E-state index in [4.69, 9.17) is 28.4 Å². The van der Waals surface area contributed by atoms with Crippen molar-refractivity contribution in [3.63, 3.8) is 0 Å². The van der Waals surface area contributed by atoms with E-state index in [1.54, 1.807) is 6.08 Å². The van der Waals surface area contributed by atoms with Gasteiger partial charge in [0.2, 0.25) is 5.91 Å². The van der Waals surface area contributed by atoms with Crippen LogP contribution in [0.5, 0.6) is 0 Å². The van der Waals surface area contributed by atoms with Crippen LogP contribution in [0, 0.1) is 0 Å². The van der Waals surface area contributed by atoms with Crippen LogP contribution < -0.4 is 5.32 Å². The minimum atomic E-state index is -1.98. The third-order valence-corrected chi connectivity index (χ3v) is 17.9. The molecule has 3 fully saturated rings. The van der Waals surface area contributed by atoms with Gasteiger partial charge in [0, 0.05) is 6.42 Å². The molecule has 3 heterocycles. The van der Waals surface area contributed by atoms with Crippen LogP contribution in [0.15, 0.2) is 48.6 Å². The number of carbonyl (C=O) groups excluding carboxylic acids is 1. The monoisotopic (exact) mass is 1280 g/mol. The minimum Gasteiger partial charge on any atom is -0.394 e. The number of hydrogen-bond donors (Lipinski definition) is 12. The van der Waals surface area contributed by atoms with Gasteiger partial charge in [-0.15, -0.1) is 0 Å². The molecule has 17 atom stereocenters. The summed E-state index contributed by atoms with van der Waals surface area (Å²) in [5, 5.41) is 120. The number of rotatable bonds is 55. The Bertz CT molecular complexity index is 1820. The van der Waals surface area contributed by atoms with Gasteiger partial charge in [-0.2, -0.15) is 0 Å². The van der Waals surface area contributed by atoms with Crippen LogP contribution in [-0.4, -0.2) is 193 Å². The molecule has 3 rings (SSSR count). The van der Waals surface area contributed by atoms with Gasteiger partial charge in [0.05, 0.1) is 38.6 Å². The molecule has 17 unspecified atom stereocenters.